The second kappa shape index (κ2) is 20.8. The third-order valence-corrected chi connectivity index (χ3v) is 15.3. The smallest absolute Gasteiger partial charge is 0.550 e. The first-order valence-corrected chi connectivity index (χ1v) is 22.7. The van der Waals surface area contributed by atoms with Crippen molar-refractivity contribution in [2.75, 3.05) is 7.11 Å². The second-order valence-electron chi connectivity index (χ2n) is 19.2. The maximum absolute atomic E-state index is 14.6. The molecule has 0 aromatic heterocycles. The molecule has 1 amide bonds. The van der Waals surface area contributed by atoms with E-state index in [-0.39, 0.29) is 59.2 Å². The van der Waals surface area contributed by atoms with Gasteiger partial charge in [0.05, 0.1) is 54.9 Å². The number of carbonyl (C=O) groups excluding carboxylic acids is 4. The maximum atomic E-state index is 14.6. The number of esters is 1. The van der Waals surface area contributed by atoms with Gasteiger partial charge in [-0.1, -0.05) is 61.5 Å². The number of amides is 1. The Kier molecular flexibility index (Phi) is 17.8. The van der Waals surface area contributed by atoms with Crippen LogP contribution in [0.1, 0.15) is 140 Å². The van der Waals surface area contributed by atoms with Crippen molar-refractivity contribution in [3.8, 4) is 0 Å². The van der Waals surface area contributed by atoms with E-state index in [0.29, 0.717) is 57.8 Å². The van der Waals surface area contributed by atoms with Gasteiger partial charge in [-0.2, -0.15) is 0 Å². The molecule has 2 spiro atoms. The van der Waals surface area contributed by atoms with E-state index in [1.807, 2.05) is 54.5 Å². The molecular formula is C46H74NNaO13. The SMILES string of the molecule is CC[C@@H](C(=O)[C@@H](C)[C@@H](O)[C@H](C)[C@@H]1O[C@@H]([C@@H](CC)C(=O)[O-])CC[C@@H]1C)[C@H]1O[C@]2(C=C[C@H](NC(=O)CC(=O)OC)[C@]3(CC[C@@](C)([C@H]4CC[C@](O)(CC)[C@H](C)O4)O3)O2)[C@H](C)C[C@@H]1C.[Na+]. The first-order chi connectivity index (χ1) is 28.1. The molecule has 0 aliphatic carbocycles. The van der Waals surface area contributed by atoms with E-state index in [1.54, 1.807) is 19.9 Å². The van der Waals surface area contributed by atoms with Crippen LogP contribution in [0, 0.1) is 41.4 Å². The molecule has 0 aromatic rings. The molecule has 14 nitrogen and oxygen atoms in total. The molecule has 61 heavy (non-hydrogen) atoms. The normalized spacial score (nSPS) is 41.2. The van der Waals surface area contributed by atoms with Gasteiger partial charge in [0, 0.05) is 42.0 Å². The summed E-state index contributed by atoms with van der Waals surface area (Å²) >= 11 is 0. The van der Waals surface area contributed by atoms with Crippen molar-refractivity contribution >= 4 is 23.6 Å². The second-order valence-corrected chi connectivity index (χ2v) is 19.2. The van der Waals surface area contributed by atoms with Gasteiger partial charge in [-0.3, -0.25) is 14.4 Å². The monoisotopic (exact) mass is 872 g/mol. The summed E-state index contributed by atoms with van der Waals surface area (Å²) in [6, 6.07) is -0.812. The zero-order valence-corrected chi connectivity index (χ0v) is 40.9. The van der Waals surface area contributed by atoms with E-state index in [1.165, 1.54) is 7.11 Å². The number of carboxylic acids is 1. The van der Waals surface area contributed by atoms with E-state index in [0.717, 1.165) is 6.42 Å². The largest absolute Gasteiger partial charge is 1.00 e. The molecule has 0 saturated carbocycles. The Labute approximate surface area is 385 Å². The Morgan fingerprint density at radius 3 is 2.18 bits per heavy atom. The van der Waals surface area contributed by atoms with Gasteiger partial charge in [0.15, 0.2) is 11.6 Å². The predicted molar refractivity (Wildman–Crippen MR) is 219 cm³/mol. The fourth-order valence-electron chi connectivity index (χ4n) is 11.1. The number of Topliss-reactive ketones (excluding diaryl/α,β-unsaturated/α-hetero) is 1. The van der Waals surface area contributed by atoms with Crippen molar-refractivity contribution in [1.82, 2.24) is 5.32 Å². The Morgan fingerprint density at radius 2 is 1.59 bits per heavy atom. The predicted octanol–water partition coefficient (Wildman–Crippen LogP) is 1.54. The fourth-order valence-corrected chi connectivity index (χ4v) is 11.1. The summed E-state index contributed by atoms with van der Waals surface area (Å²) in [7, 11) is 1.22. The first kappa shape index (κ1) is 52.2. The van der Waals surface area contributed by atoms with Gasteiger partial charge in [0.1, 0.15) is 18.2 Å². The van der Waals surface area contributed by atoms with Gasteiger partial charge in [-0.25, -0.2) is 0 Å². The van der Waals surface area contributed by atoms with Crippen LogP contribution in [0.5, 0.6) is 0 Å². The number of nitrogens with one attached hydrogen (secondary N) is 1. The molecule has 4 saturated heterocycles. The van der Waals surface area contributed by atoms with E-state index in [2.05, 4.69) is 12.2 Å². The number of ether oxygens (including phenoxy) is 6. The summed E-state index contributed by atoms with van der Waals surface area (Å²) in [4.78, 5) is 51.8. The van der Waals surface area contributed by atoms with E-state index >= 15 is 0 Å². The summed E-state index contributed by atoms with van der Waals surface area (Å²) in [5.41, 5.74) is -1.81. The van der Waals surface area contributed by atoms with Crippen LogP contribution in [0.4, 0.5) is 0 Å². The quantitative estimate of drug-likeness (QED) is 0.0929. The van der Waals surface area contributed by atoms with Crippen LogP contribution in [-0.2, 0) is 47.6 Å². The summed E-state index contributed by atoms with van der Waals surface area (Å²) in [6.07, 6.45) is 5.03. The van der Waals surface area contributed by atoms with Crippen LogP contribution >= 0.6 is 0 Å². The van der Waals surface area contributed by atoms with Gasteiger partial charge in [0.2, 0.25) is 5.91 Å². The van der Waals surface area contributed by atoms with Crippen LogP contribution in [-0.4, -0.2) is 106 Å². The van der Waals surface area contributed by atoms with E-state index in [9.17, 15) is 34.5 Å². The molecule has 0 unspecified atom stereocenters. The van der Waals surface area contributed by atoms with Crippen molar-refractivity contribution < 1.29 is 92.5 Å². The number of rotatable bonds is 15. The molecule has 0 bridgehead atoms. The molecule has 4 fully saturated rings. The molecule has 3 N–H and O–H groups in total. The fraction of sp³-hybridized carbons (Fsp3) is 0.870. The Balaban J connectivity index is 0.00000819. The number of hydrogen-bond acceptors (Lipinski definition) is 13. The topological polar surface area (TPSA) is 199 Å². The Bertz CT molecular complexity index is 1580. The molecule has 5 heterocycles. The van der Waals surface area contributed by atoms with Gasteiger partial charge in [0.25, 0.3) is 0 Å². The average molecular weight is 872 g/mol. The third-order valence-electron chi connectivity index (χ3n) is 15.3. The summed E-state index contributed by atoms with van der Waals surface area (Å²) in [6.45, 7) is 19.3. The first-order valence-electron chi connectivity index (χ1n) is 22.7. The van der Waals surface area contributed by atoms with E-state index in [4.69, 9.17) is 28.4 Å². The van der Waals surface area contributed by atoms with Crippen LogP contribution in [0.15, 0.2) is 12.2 Å². The number of carboxylic acid groups (broad SMARTS) is 1. The van der Waals surface area contributed by atoms with Gasteiger partial charge in [-0.05, 0) is 89.5 Å². The minimum Gasteiger partial charge on any atom is -0.550 e. The standard InChI is InChI=1S/C46H75NO13.Na/c1-12-31(42(52)53)33-16-15-25(4)40(57-33)29(8)38(50)28(7)39(51)32(13-2)41-26(5)23-27(6)45(58-41)20-17-34(47-36(48)24-37(49)55-11)46(60-45)22-21-43(10,59-46)35-18-19-44(54,14-3)30(9)56-35;/h17,20,25-35,38,40-41,50,54H,12-16,18-19,21-24H2,1-11H3,(H,47,48)(H,52,53);/q;+1/p-1/t25-,26-,27+,28-,29-,30-,31+,32-,33+,34-,35+,38+,40+,41-,43-,44+,45-,46-;/m0./s1. The van der Waals surface area contributed by atoms with Crippen LogP contribution < -0.4 is 40.0 Å². The van der Waals surface area contributed by atoms with Crippen molar-refractivity contribution in [2.45, 2.75) is 205 Å². The molecule has 15 heteroatoms. The number of carbonyl (C=O) groups is 4. The van der Waals surface area contributed by atoms with Crippen LogP contribution in [0.3, 0.4) is 0 Å². The summed E-state index contributed by atoms with van der Waals surface area (Å²) in [5.74, 6) is -8.09. The third kappa shape index (κ3) is 10.7. The molecule has 18 atom stereocenters. The summed E-state index contributed by atoms with van der Waals surface area (Å²) < 4.78 is 38.9. The average Bonchev–Trinajstić information content (AvgIpc) is 3.55. The van der Waals surface area contributed by atoms with E-state index < -0.39 is 107 Å². The van der Waals surface area contributed by atoms with Crippen molar-refractivity contribution in [3.05, 3.63) is 12.2 Å². The maximum Gasteiger partial charge on any atom is 1.00 e. The molecule has 0 radical (unpaired) electrons. The zero-order valence-electron chi connectivity index (χ0n) is 38.9. The summed E-state index contributed by atoms with van der Waals surface area (Å²) in [5, 5.41) is 37.8. The number of hydrogen-bond donors (Lipinski definition) is 3. The number of aliphatic hydroxyl groups excluding tert-OH is 1. The number of aliphatic carboxylic acids is 1. The molecule has 5 rings (SSSR count). The molecule has 5 aliphatic heterocycles. The zero-order chi connectivity index (χ0) is 44.5. The van der Waals surface area contributed by atoms with Gasteiger partial charge in [-0.15, -0.1) is 0 Å². The Morgan fingerprint density at radius 1 is 0.918 bits per heavy atom. The van der Waals surface area contributed by atoms with Gasteiger partial charge >= 0.3 is 35.5 Å². The van der Waals surface area contributed by atoms with Gasteiger partial charge < -0.3 is 53.9 Å². The molecule has 0 aromatic carbocycles. The number of aliphatic hydroxyl groups is 2. The molecular weight excluding hydrogens is 797 g/mol. The minimum absolute atomic E-state index is 0. The van der Waals surface area contributed by atoms with Crippen molar-refractivity contribution in [2.24, 2.45) is 41.4 Å². The Hall–Kier alpha value is -1.46. The molecule has 342 valence electrons. The van der Waals surface area contributed by atoms with Crippen molar-refractivity contribution in [3.63, 3.8) is 0 Å². The number of methoxy groups -OCH3 is 1. The van der Waals surface area contributed by atoms with Crippen molar-refractivity contribution in [1.29, 1.82) is 0 Å². The van der Waals surface area contributed by atoms with Crippen LogP contribution in [0.2, 0.25) is 0 Å². The minimum atomic E-state index is -1.44. The number of ketones is 1. The van der Waals surface area contributed by atoms with Crippen LogP contribution in [0.25, 0.3) is 0 Å². The molecule has 5 aliphatic rings.